The highest BCUT2D eigenvalue weighted by Gasteiger charge is 2.23. The molecule has 80 valence electrons. The van der Waals surface area contributed by atoms with Crippen molar-refractivity contribution in [1.29, 1.82) is 0 Å². The first kappa shape index (κ1) is 10.3. The van der Waals surface area contributed by atoms with Crippen LogP contribution in [0.4, 0.5) is 0 Å². The molecule has 3 nitrogen and oxygen atoms in total. The second kappa shape index (κ2) is 4.55. The van der Waals surface area contributed by atoms with Crippen LogP contribution in [-0.4, -0.2) is 24.5 Å². The van der Waals surface area contributed by atoms with E-state index in [1.807, 2.05) is 12.1 Å². The highest BCUT2D eigenvalue weighted by Crippen LogP contribution is 2.26. The zero-order chi connectivity index (χ0) is 10.7. The third kappa shape index (κ3) is 2.25. The molecule has 0 amide bonds. The molecule has 1 aliphatic rings. The molecule has 1 fully saturated rings. The molecule has 0 aromatic heterocycles. The summed E-state index contributed by atoms with van der Waals surface area (Å²) in [6.07, 6.45) is 1.41. The predicted octanol–water partition coefficient (Wildman–Crippen LogP) is 1.14. The molecule has 2 rings (SSSR count). The predicted molar refractivity (Wildman–Crippen MR) is 57.8 cm³/mol. The van der Waals surface area contributed by atoms with Crippen LogP contribution in [0.3, 0.4) is 0 Å². The molecule has 2 unspecified atom stereocenters. The molecule has 1 aromatic rings. The van der Waals surface area contributed by atoms with Gasteiger partial charge in [0.2, 0.25) is 0 Å². The molecule has 1 aromatic carbocycles. The summed E-state index contributed by atoms with van der Waals surface area (Å²) in [5.74, 6) is 0.298. The average molecular weight is 205 g/mol. The van der Waals surface area contributed by atoms with Crippen LogP contribution < -0.4 is 5.32 Å². The van der Waals surface area contributed by atoms with Crippen LogP contribution in [-0.2, 0) is 0 Å². The first-order valence-electron chi connectivity index (χ1n) is 5.25. The van der Waals surface area contributed by atoms with E-state index >= 15 is 0 Å². The summed E-state index contributed by atoms with van der Waals surface area (Å²) in [5, 5.41) is 13.3. The van der Waals surface area contributed by atoms with Crippen LogP contribution in [0, 0.1) is 5.92 Å². The Labute approximate surface area is 89.1 Å². The van der Waals surface area contributed by atoms with Crippen molar-refractivity contribution in [3.05, 3.63) is 35.4 Å². The molecular formula is C12H15NO2. The van der Waals surface area contributed by atoms with Gasteiger partial charge in [-0.2, -0.15) is 0 Å². The summed E-state index contributed by atoms with van der Waals surface area (Å²) in [6.45, 7) is 1.85. The number of hydrogen-bond donors (Lipinski definition) is 2. The Bertz CT molecular complexity index is 328. The smallest absolute Gasteiger partial charge is 0.150 e. The summed E-state index contributed by atoms with van der Waals surface area (Å²) >= 11 is 0. The van der Waals surface area contributed by atoms with E-state index in [9.17, 15) is 9.90 Å². The number of nitrogens with one attached hydrogen (secondary N) is 1. The van der Waals surface area contributed by atoms with E-state index in [0.717, 1.165) is 31.4 Å². The standard InChI is InChI=1S/C12H15NO2/c14-8-9-1-3-10(4-2-9)12(15)11-5-6-13-7-11/h1-4,8,11-13,15H,5-7H2. The minimum Gasteiger partial charge on any atom is -0.388 e. The van der Waals surface area contributed by atoms with Crippen LogP contribution >= 0.6 is 0 Å². The number of benzene rings is 1. The van der Waals surface area contributed by atoms with Crippen molar-refractivity contribution in [1.82, 2.24) is 5.32 Å². The average Bonchev–Trinajstić information content (AvgIpc) is 2.82. The lowest BCUT2D eigenvalue weighted by Crippen LogP contribution is -2.16. The lowest BCUT2D eigenvalue weighted by molar-refractivity contribution is 0.112. The largest absolute Gasteiger partial charge is 0.388 e. The monoisotopic (exact) mass is 205 g/mol. The van der Waals surface area contributed by atoms with Crippen LogP contribution in [0.15, 0.2) is 24.3 Å². The van der Waals surface area contributed by atoms with Gasteiger partial charge in [-0.05, 0) is 18.5 Å². The third-order valence-corrected chi connectivity index (χ3v) is 2.96. The van der Waals surface area contributed by atoms with Crippen LogP contribution in [0.2, 0.25) is 0 Å². The van der Waals surface area contributed by atoms with Gasteiger partial charge in [-0.15, -0.1) is 0 Å². The van der Waals surface area contributed by atoms with Crippen molar-refractivity contribution in [2.24, 2.45) is 5.92 Å². The van der Waals surface area contributed by atoms with Crippen LogP contribution in [0.1, 0.15) is 28.4 Å². The Morgan fingerprint density at radius 3 is 2.67 bits per heavy atom. The normalized spacial score (nSPS) is 22.6. The number of aliphatic hydroxyl groups is 1. The molecule has 3 heteroatoms. The molecular weight excluding hydrogens is 190 g/mol. The SMILES string of the molecule is O=Cc1ccc(C(O)C2CCNC2)cc1. The minimum absolute atomic E-state index is 0.298. The molecule has 0 saturated carbocycles. The maximum atomic E-state index is 10.5. The molecule has 2 atom stereocenters. The molecule has 0 bridgehead atoms. The van der Waals surface area contributed by atoms with Crippen molar-refractivity contribution in [3.8, 4) is 0 Å². The van der Waals surface area contributed by atoms with E-state index in [4.69, 9.17) is 0 Å². The van der Waals surface area contributed by atoms with Crippen molar-refractivity contribution in [3.63, 3.8) is 0 Å². The van der Waals surface area contributed by atoms with Crippen molar-refractivity contribution < 1.29 is 9.90 Å². The summed E-state index contributed by atoms with van der Waals surface area (Å²) in [7, 11) is 0. The van der Waals surface area contributed by atoms with Crippen molar-refractivity contribution in [2.45, 2.75) is 12.5 Å². The first-order chi connectivity index (χ1) is 7.31. The molecule has 1 heterocycles. The first-order valence-corrected chi connectivity index (χ1v) is 5.25. The Balaban J connectivity index is 2.10. The Morgan fingerprint density at radius 1 is 1.40 bits per heavy atom. The van der Waals surface area contributed by atoms with Crippen molar-refractivity contribution in [2.75, 3.05) is 13.1 Å². The topological polar surface area (TPSA) is 49.3 Å². The van der Waals surface area contributed by atoms with Crippen LogP contribution in [0.25, 0.3) is 0 Å². The quantitative estimate of drug-likeness (QED) is 0.727. The third-order valence-electron chi connectivity index (χ3n) is 2.96. The van der Waals surface area contributed by atoms with E-state index in [1.54, 1.807) is 12.1 Å². The van der Waals surface area contributed by atoms with E-state index in [0.29, 0.717) is 11.5 Å². The number of hydrogen-bond acceptors (Lipinski definition) is 3. The van der Waals surface area contributed by atoms with E-state index < -0.39 is 6.10 Å². The van der Waals surface area contributed by atoms with Gasteiger partial charge in [0.05, 0.1) is 6.10 Å². The second-order valence-electron chi connectivity index (χ2n) is 3.98. The fourth-order valence-corrected chi connectivity index (χ4v) is 1.99. The number of aldehydes is 1. The Hall–Kier alpha value is -1.19. The van der Waals surface area contributed by atoms with Gasteiger partial charge in [-0.25, -0.2) is 0 Å². The van der Waals surface area contributed by atoms with Gasteiger partial charge in [-0.3, -0.25) is 4.79 Å². The fraction of sp³-hybridized carbons (Fsp3) is 0.417. The number of carbonyl (C=O) groups excluding carboxylic acids is 1. The molecule has 0 radical (unpaired) electrons. The van der Waals surface area contributed by atoms with E-state index in [1.165, 1.54) is 0 Å². The Kier molecular flexibility index (Phi) is 3.14. The summed E-state index contributed by atoms with van der Waals surface area (Å²) in [4.78, 5) is 10.5. The number of carbonyl (C=O) groups is 1. The van der Waals surface area contributed by atoms with Crippen LogP contribution in [0.5, 0.6) is 0 Å². The maximum Gasteiger partial charge on any atom is 0.150 e. The zero-order valence-corrected chi connectivity index (χ0v) is 8.52. The summed E-state index contributed by atoms with van der Waals surface area (Å²) in [5.41, 5.74) is 1.55. The molecule has 0 aliphatic carbocycles. The van der Waals surface area contributed by atoms with Gasteiger partial charge >= 0.3 is 0 Å². The number of aliphatic hydroxyl groups excluding tert-OH is 1. The van der Waals surface area contributed by atoms with E-state index in [2.05, 4.69) is 5.32 Å². The maximum absolute atomic E-state index is 10.5. The van der Waals surface area contributed by atoms with Gasteiger partial charge in [0.1, 0.15) is 6.29 Å². The van der Waals surface area contributed by atoms with E-state index in [-0.39, 0.29) is 0 Å². The van der Waals surface area contributed by atoms with Gasteiger partial charge < -0.3 is 10.4 Å². The Morgan fingerprint density at radius 2 is 2.13 bits per heavy atom. The summed E-state index contributed by atoms with van der Waals surface area (Å²) in [6, 6.07) is 7.14. The van der Waals surface area contributed by atoms with Gasteiger partial charge in [0.25, 0.3) is 0 Å². The lowest BCUT2D eigenvalue weighted by atomic mass is 9.94. The lowest BCUT2D eigenvalue weighted by Gasteiger charge is -2.17. The van der Waals surface area contributed by atoms with Gasteiger partial charge in [0.15, 0.2) is 0 Å². The molecule has 1 saturated heterocycles. The summed E-state index contributed by atoms with van der Waals surface area (Å²) < 4.78 is 0. The number of rotatable bonds is 3. The second-order valence-corrected chi connectivity index (χ2v) is 3.98. The molecule has 1 aliphatic heterocycles. The van der Waals surface area contributed by atoms with Gasteiger partial charge in [0, 0.05) is 18.0 Å². The molecule has 2 N–H and O–H groups in total. The zero-order valence-electron chi connectivity index (χ0n) is 8.52. The highest BCUT2D eigenvalue weighted by atomic mass is 16.3. The minimum atomic E-state index is -0.416. The molecule has 0 spiro atoms. The molecule has 15 heavy (non-hydrogen) atoms. The van der Waals surface area contributed by atoms with Gasteiger partial charge in [-0.1, -0.05) is 24.3 Å². The van der Waals surface area contributed by atoms with Crippen molar-refractivity contribution >= 4 is 6.29 Å². The fourth-order valence-electron chi connectivity index (χ4n) is 1.99. The highest BCUT2D eigenvalue weighted by molar-refractivity contribution is 5.74.